The van der Waals surface area contributed by atoms with Crippen molar-refractivity contribution in [3.05, 3.63) is 95.6 Å². The molecule has 0 aliphatic carbocycles. The van der Waals surface area contributed by atoms with E-state index in [-0.39, 0.29) is 24.7 Å². The van der Waals surface area contributed by atoms with E-state index in [1.807, 2.05) is 72.8 Å². The highest BCUT2D eigenvalue weighted by atomic mass is 16.5. The molecule has 0 unspecified atom stereocenters. The number of para-hydroxylation sites is 1. The summed E-state index contributed by atoms with van der Waals surface area (Å²) in [6.45, 7) is 1.17. The zero-order valence-electron chi connectivity index (χ0n) is 18.4. The van der Waals surface area contributed by atoms with Gasteiger partial charge in [0.05, 0.1) is 6.21 Å². The molecule has 0 fully saturated rings. The molecule has 0 atom stereocenters. The molecule has 0 saturated carbocycles. The van der Waals surface area contributed by atoms with Crippen molar-refractivity contribution in [2.75, 3.05) is 11.4 Å². The van der Waals surface area contributed by atoms with Crippen molar-refractivity contribution in [1.29, 1.82) is 0 Å². The number of carbonyl (C=O) groups is 2. The van der Waals surface area contributed by atoms with Crippen LogP contribution >= 0.6 is 0 Å². The lowest BCUT2D eigenvalue weighted by Gasteiger charge is -2.29. The number of rotatable bonds is 8. The van der Waals surface area contributed by atoms with E-state index in [2.05, 4.69) is 16.6 Å². The number of fused-ring (bicyclic) bond motifs is 1. The molecule has 1 heterocycles. The average molecular weight is 442 g/mol. The highest BCUT2D eigenvalue weighted by Crippen LogP contribution is 2.27. The Morgan fingerprint density at radius 3 is 2.67 bits per heavy atom. The van der Waals surface area contributed by atoms with Gasteiger partial charge in [-0.3, -0.25) is 9.59 Å². The average Bonchev–Trinajstić information content (AvgIpc) is 2.86. The summed E-state index contributed by atoms with van der Waals surface area (Å²) in [4.78, 5) is 26.6. The van der Waals surface area contributed by atoms with Crippen LogP contribution in [0.25, 0.3) is 0 Å². The fraction of sp³-hybridized carbons (Fsp3) is 0.222. The maximum atomic E-state index is 12.7. The van der Waals surface area contributed by atoms with Crippen LogP contribution in [0, 0.1) is 0 Å². The molecule has 0 bridgehead atoms. The van der Waals surface area contributed by atoms with Gasteiger partial charge in [-0.2, -0.15) is 5.10 Å². The fourth-order valence-corrected chi connectivity index (χ4v) is 3.81. The van der Waals surface area contributed by atoms with Gasteiger partial charge in [0.2, 0.25) is 11.8 Å². The molecular formula is C27H27N3O3. The van der Waals surface area contributed by atoms with Crippen LogP contribution in [0.1, 0.15) is 36.0 Å². The number of aryl methyl sites for hydroxylation is 1. The largest absolute Gasteiger partial charge is 0.489 e. The Balaban J connectivity index is 1.24. The Morgan fingerprint density at radius 2 is 1.79 bits per heavy atom. The van der Waals surface area contributed by atoms with Crippen LogP contribution in [-0.4, -0.2) is 24.6 Å². The van der Waals surface area contributed by atoms with E-state index in [0.29, 0.717) is 13.2 Å². The second-order valence-corrected chi connectivity index (χ2v) is 7.92. The number of benzene rings is 3. The van der Waals surface area contributed by atoms with Crippen molar-refractivity contribution in [1.82, 2.24) is 5.43 Å². The summed E-state index contributed by atoms with van der Waals surface area (Å²) in [6, 6.07) is 25.4. The molecule has 0 spiro atoms. The summed E-state index contributed by atoms with van der Waals surface area (Å²) in [5, 5.41) is 4.02. The summed E-state index contributed by atoms with van der Waals surface area (Å²) >= 11 is 0. The molecule has 1 N–H and O–H groups in total. The second kappa shape index (κ2) is 11.1. The van der Waals surface area contributed by atoms with Crippen molar-refractivity contribution in [2.24, 2.45) is 5.10 Å². The minimum atomic E-state index is -0.290. The molecule has 3 aromatic rings. The van der Waals surface area contributed by atoms with Crippen molar-refractivity contribution >= 4 is 23.7 Å². The third kappa shape index (κ3) is 6.29. The van der Waals surface area contributed by atoms with E-state index in [4.69, 9.17) is 4.74 Å². The van der Waals surface area contributed by atoms with Gasteiger partial charge in [0.15, 0.2) is 0 Å². The van der Waals surface area contributed by atoms with Gasteiger partial charge in [-0.1, -0.05) is 60.7 Å². The number of hydrogen-bond donors (Lipinski definition) is 1. The molecule has 6 nitrogen and oxygen atoms in total. The highest BCUT2D eigenvalue weighted by molar-refractivity contribution is 5.96. The van der Waals surface area contributed by atoms with Gasteiger partial charge in [0, 0.05) is 25.1 Å². The lowest BCUT2D eigenvalue weighted by Crippen LogP contribution is -2.36. The van der Waals surface area contributed by atoms with Gasteiger partial charge < -0.3 is 9.64 Å². The van der Waals surface area contributed by atoms with Crippen LogP contribution in [0.15, 0.2) is 84.0 Å². The van der Waals surface area contributed by atoms with E-state index in [9.17, 15) is 9.59 Å². The monoisotopic (exact) mass is 441 g/mol. The lowest BCUT2D eigenvalue weighted by atomic mass is 10.0. The summed E-state index contributed by atoms with van der Waals surface area (Å²) in [5.74, 6) is 0.396. The van der Waals surface area contributed by atoms with Gasteiger partial charge in [-0.15, -0.1) is 0 Å². The fourth-order valence-electron chi connectivity index (χ4n) is 3.81. The summed E-state index contributed by atoms with van der Waals surface area (Å²) < 4.78 is 5.82. The maximum Gasteiger partial charge on any atom is 0.240 e. The first kappa shape index (κ1) is 22.3. The standard InChI is InChI=1S/C27H27N3O3/c31-26(15-16-27(32)30-17-7-12-23-11-4-5-14-25(23)30)29-28-19-22-10-6-13-24(18-22)33-20-21-8-2-1-3-9-21/h1-6,8-11,13-14,18-19H,7,12,15-17,20H2,(H,29,31). The van der Waals surface area contributed by atoms with Crippen LogP contribution in [0.4, 0.5) is 5.69 Å². The number of nitrogens with zero attached hydrogens (tertiary/aromatic N) is 2. The number of nitrogens with one attached hydrogen (secondary N) is 1. The quantitative estimate of drug-likeness (QED) is 0.414. The summed E-state index contributed by atoms with van der Waals surface area (Å²) in [6.07, 6.45) is 3.73. The van der Waals surface area contributed by atoms with E-state index < -0.39 is 0 Å². The van der Waals surface area contributed by atoms with Crippen LogP contribution in [-0.2, 0) is 22.6 Å². The zero-order chi connectivity index (χ0) is 22.9. The van der Waals surface area contributed by atoms with E-state index in [1.54, 1.807) is 11.1 Å². The number of carbonyl (C=O) groups excluding carboxylic acids is 2. The second-order valence-electron chi connectivity index (χ2n) is 7.92. The molecule has 6 heteroatoms. The molecule has 168 valence electrons. The van der Waals surface area contributed by atoms with Gasteiger partial charge in [-0.05, 0) is 47.7 Å². The third-order valence-electron chi connectivity index (χ3n) is 5.49. The zero-order valence-corrected chi connectivity index (χ0v) is 18.4. The molecule has 2 amide bonds. The molecule has 0 saturated heterocycles. The third-order valence-corrected chi connectivity index (χ3v) is 5.49. The molecule has 1 aliphatic rings. The van der Waals surface area contributed by atoms with Gasteiger partial charge in [0.25, 0.3) is 0 Å². The van der Waals surface area contributed by atoms with Crippen LogP contribution in [0.5, 0.6) is 5.75 Å². The maximum absolute atomic E-state index is 12.7. The molecule has 1 aliphatic heterocycles. The number of amides is 2. The molecular weight excluding hydrogens is 414 g/mol. The normalized spacial score (nSPS) is 12.9. The Hall–Kier alpha value is -3.93. The highest BCUT2D eigenvalue weighted by Gasteiger charge is 2.22. The molecule has 0 aromatic heterocycles. The number of hydrogen-bond acceptors (Lipinski definition) is 4. The molecule has 4 rings (SSSR count). The molecule has 33 heavy (non-hydrogen) atoms. The Bertz CT molecular complexity index is 1130. The van der Waals surface area contributed by atoms with Gasteiger partial charge in [0.1, 0.15) is 12.4 Å². The molecule has 0 radical (unpaired) electrons. The predicted octanol–water partition coefficient (Wildman–Crippen LogP) is 4.48. The van der Waals surface area contributed by atoms with Gasteiger partial charge >= 0.3 is 0 Å². The van der Waals surface area contributed by atoms with Crippen molar-refractivity contribution < 1.29 is 14.3 Å². The smallest absolute Gasteiger partial charge is 0.240 e. The van der Waals surface area contributed by atoms with Crippen molar-refractivity contribution in [3.63, 3.8) is 0 Å². The Labute approximate surface area is 193 Å². The van der Waals surface area contributed by atoms with Crippen molar-refractivity contribution in [2.45, 2.75) is 32.3 Å². The van der Waals surface area contributed by atoms with E-state index in [1.165, 1.54) is 5.56 Å². The van der Waals surface area contributed by atoms with Crippen LogP contribution < -0.4 is 15.1 Å². The molecule has 3 aromatic carbocycles. The SMILES string of the molecule is O=C(CCC(=O)N1CCCc2ccccc21)NN=Cc1cccc(OCc2ccccc2)c1. The minimum Gasteiger partial charge on any atom is -0.489 e. The Kier molecular flexibility index (Phi) is 7.48. The Morgan fingerprint density at radius 1 is 0.970 bits per heavy atom. The topological polar surface area (TPSA) is 71.0 Å². The number of anilines is 1. The lowest BCUT2D eigenvalue weighted by molar-refractivity contribution is -0.125. The predicted molar refractivity (Wildman–Crippen MR) is 129 cm³/mol. The number of hydrazone groups is 1. The van der Waals surface area contributed by atoms with Crippen LogP contribution in [0.2, 0.25) is 0 Å². The van der Waals surface area contributed by atoms with E-state index in [0.717, 1.165) is 35.4 Å². The van der Waals surface area contributed by atoms with E-state index >= 15 is 0 Å². The van der Waals surface area contributed by atoms with Crippen molar-refractivity contribution in [3.8, 4) is 5.75 Å². The minimum absolute atomic E-state index is 0.0375. The first-order chi connectivity index (χ1) is 16.2. The summed E-state index contributed by atoms with van der Waals surface area (Å²) in [7, 11) is 0. The number of ether oxygens (including phenoxy) is 1. The van der Waals surface area contributed by atoms with Gasteiger partial charge in [-0.25, -0.2) is 5.43 Å². The van der Waals surface area contributed by atoms with Crippen LogP contribution in [0.3, 0.4) is 0 Å². The first-order valence-corrected chi connectivity index (χ1v) is 11.2. The first-order valence-electron chi connectivity index (χ1n) is 11.2. The summed E-state index contributed by atoms with van der Waals surface area (Å²) in [5.41, 5.74) is 6.54.